The SMILES string of the molecule is CC(CCC(O)(CO)CCC(C)C(=O)ON1C(=O)CCC1=O)C(=O)ON1C(=O)CCC1=O. The van der Waals surface area contributed by atoms with E-state index in [0.29, 0.717) is 10.1 Å². The number of aliphatic hydroxyl groups excluding tert-OH is 1. The maximum absolute atomic E-state index is 12.1. The number of imide groups is 2. The van der Waals surface area contributed by atoms with Gasteiger partial charge in [-0.05, 0) is 25.7 Å². The highest BCUT2D eigenvalue weighted by Crippen LogP contribution is 2.26. The molecule has 2 unspecified atom stereocenters. The Morgan fingerprint density at radius 2 is 1.12 bits per heavy atom. The molecule has 2 atom stereocenters. The van der Waals surface area contributed by atoms with Crippen molar-refractivity contribution in [2.75, 3.05) is 6.61 Å². The van der Waals surface area contributed by atoms with E-state index >= 15 is 0 Å². The van der Waals surface area contributed by atoms with Gasteiger partial charge in [0.05, 0.1) is 24.0 Å². The van der Waals surface area contributed by atoms with Crippen molar-refractivity contribution in [2.45, 2.75) is 70.8 Å². The van der Waals surface area contributed by atoms with Crippen LogP contribution >= 0.6 is 0 Å². The van der Waals surface area contributed by atoms with Crippen molar-refractivity contribution in [2.24, 2.45) is 11.8 Å². The first-order valence-electron chi connectivity index (χ1n) is 10.5. The van der Waals surface area contributed by atoms with E-state index in [-0.39, 0.29) is 51.4 Å². The zero-order chi connectivity index (χ0) is 24.1. The van der Waals surface area contributed by atoms with Crippen molar-refractivity contribution in [1.29, 1.82) is 0 Å². The average molecular weight is 456 g/mol. The Labute approximate surface area is 184 Å². The van der Waals surface area contributed by atoms with E-state index in [1.807, 2.05) is 0 Å². The van der Waals surface area contributed by atoms with Crippen LogP contribution in [0.15, 0.2) is 0 Å². The summed E-state index contributed by atoms with van der Waals surface area (Å²) in [5.74, 6) is -5.56. The molecule has 0 aromatic heterocycles. The third kappa shape index (κ3) is 6.33. The second-order valence-electron chi connectivity index (χ2n) is 8.25. The molecule has 2 fully saturated rings. The van der Waals surface area contributed by atoms with Crippen LogP contribution in [0, 0.1) is 11.8 Å². The molecule has 12 nitrogen and oxygen atoms in total. The molecule has 32 heavy (non-hydrogen) atoms. The van der Waals surface area contributed by atoms with Crippen LogP contribution in [0.25, 0.3) is 0 Å². The fourth-order valence-electron chi connectivity index (χ4n) is 3.16. The van der Waals surface area contributed by atoms with Crippen molar-refractivity contribution in [3.05, 3.63) is 0 Å². The van der Waals surface area contributed by atoms with Gasteiger partial charge in [0, 0.05) is 25.7 Å². The van der Waals surface area contributed by atoms with Gasteiger partial charge in [0.15, 0.2) is 0 Å². The molecule has 2 heterocycles. The number of rotatable bonds is 11. The summed E-state index contributed by atoms with van der Waals surface area (Å²) in [6, 6.07) is 0. The molecule has 12 heteroatoms. The summed E-state index contributed by atoms with van der Waals surface area (Å²) in [4.78, 5) is 80.1. The number of nitrogens with zero attached hydrogens (tertiary/aromatic N) is 2. The van der Waals surface area contributed by atoms with E-state index in [9.17, 15) is 39.0 Å². The Hall–Kier alpha value is -2.86. The van der Waals surface area contributed by atoms with Gasteiger partial charge < -0.3 is 19.9 Å². The fraction of sp³-hybridized carbons (Fsp3) is 0.700. The van der Waals surface area contributed by atoms with Gasteiger partial charge in [-0.15, -0.1) is 10.1 Å². The van der Waals surface area contributed by atoms with Crippen molar-refractivity contribution in [3.8, 4) is 0 Å². The zero-order valence-corrected chi connectivity index (χ0v) is 18.1. The average Bonchev–Trinajstić information content (AvgIpc) is 3.25. The van der Waals surface area contributed by atoms with Gasteiger partial charge in [-0.2, -0.15) is 0 Å². The van der Waals surface area contributed by atoms with Gasteiger partial charge >= 0.3 is 11.9 Å². The van der Waals surface area contributed by atoms with Crippen LogP contribution in [0.3, 0.4) is 0 Å². The Morgan fingerprint density at radius 3 is 1.41 bits per heavy atom. The fourth-order valence-corrected chi connectivity index (χ4v) is 3.16. The molecule has 0 saturated carbocycles. The largest absolute Gasteiger partial charge is 0.393 e. The molecule has 0 bridgehead atoms. The highest BCUT2D eigenvalue weighted by atomic mass is 16.7. The molecule has 2 aliphatic heterocycles. The lowest BCUT2D eigenvalue weighted by Crippen LogP contribution is -2.38. The minimum absolute atomic E-state index is 0.0213. The summed E-state index contributed by atoms with van der Waals surface area (Å²) < 4.78 is 0. The second-order valence-corrected chi connectivity index (χ2v) is 8.25. The van der Waals surface area contributed by atoms with Gasteiger partial charge in [-0.1, -0.05) is 13.8 Å². The predicted octanol–water partition coefficient (Wildman–Crippen LogP) is -0.243. The van der Waals surface area contributed by atoms with Gasteiger partial charge in [-0.25, -0.2) is 9.59 Å². The molecule has 2 N–H and O–H groups in total. The van der Waals surface area contributed by atoms with Crippen LogP contribution in [-0.4, -0.2) is 68.1 Å². The number of carbonyl (C=O) groups is 6. The topological polar surface area (TPSA) is 168 Å². The van der Waals surface area contributed by atoms with Crippen LogP contribution in [0.1, 0.15) is 65.2 Å². The molecule has 0 aromatic carbocycles. The number of carbonyl (C=O) groups excluding carboxylic acids is 6. The van der Waals surface area contributed by atoms with Gasteiger partial charge in [0.1, 0.15) is 0 Å². The summed E-state index contributed by atoms with van der Waals surface area (Å²) in [7, 11) is 0. The van der Waals surface area contributed by atoms with E-state index in [1.54, 1.807) is 0 Å². The van der Waals surface area contributed by atoms with Gasteiger partial charge in [0.2, 0.25) is 0 Å². The van der Waals surface area contributed by atoms with E-state index in [4.69, 9.17) is 9.68 Å². The number of amides is 4. The van der Waals surface area contributed by atoms with Crippen LogP contribution in [-0.2, 0) is 38.4 Å². The summed E-state index contributed by atoms with van der Waals surface area (Å²) in [6.07, 6.45) is 0.0380. The van der Waals surface area contributed by atoms with Crippen molar-refractivity contribution in [3.63, 3.8) is 0 Å². The number of aliphatic hydroxyl groups is 2. The minimum atomic E-state index is -1.61. The first-order valence-corrected chi connectivity index (χ1v) is 10.5. The van der Waals surface area contributed by atoms with E-state index in [0.717, 1.165) is 0 Å². The maximum atomic E-state index is 12.1. The number of hydroxylamine groups is 4. The molecule has 0 radical (unpaired) electrons. The first kappa shape index (κ1) is 25.4. The van der Waals surface area contributed by atoms with Crippen LogP contribution in [0.4, 0.5) is 0 Å². The predicted molar refractivity (Wildman–Crippen MR) is 103 cm³/mol. The van der Waals surface area contributed by atoms with Crippen LogP contribution in [0.5, 0.6) is 0 Å². The lowest BCUT2D eigenvalue weighted by atomic mass is 9.87. The van der Waals surface area contributed by atoms with E-state index < -0.39 is 59.6 Å². The standard InChI is InChI=1S/C20H28N2O10/c1-12(18(28)31-21-14(24)3-4-15(21)25)7-9-20(30,11-23)10-8-13(2)19(29)32-22-16(26)5-6-17(22)27/h12-13,23,30H,3-11H2,1-2H3. The Bertz CT molecular complexity index is 703. The first-order chi connectivity index (χ1) is 15.0. The molecule has 0 spiro atoms. The molecular formula is C20H28N2O10. The Balaban J connectivity index is 1.80. The molecular weight excluding hydrogens is 428 g/mol. The van der Waals surface area contributed by atoms with Crippen molar-refractivity contribution < 1.29 is 48.7 Å². The third-order valence-electron chi connectivity index (χ3n) is 5.56. The number of hydrogen-bond acceptors (Lipinski definition) is 10. The monoisotopic (exact) mass is 456 g/mol. The molecule has 0 aliphatic carbocycles. The molecule has 2 rings (SSSR count). The smallest absolute Gasteiger partial charge is 0.335 e. The summed E-state index contributed by atoms with van der Waals surface area (Å²) >= 11 is 0. The van der Waals surface area contributed by atoms with Gasteiger partial charge in [-0.3, -0.25) is 19.2 Å². The second kappa shape index (κ2) is 10.6. The molecule has 2 aliphatic rings. The summed E-state index contributed by atoms with van der Waals surface area (Å²) in [5, 5.41) is 21.1. The summed E-state index contributed by atoms with van der Waals surface area (Å²) in [6.45, 7) is 2.35. The maximum Gasteiger partial charge on any atom is 0.335 e. The van der Waals surface area contributed by atoms with Crippen LogP contribution < -0.4 is 0 Å². The molecule has 178 valence electrons. The highest BCUT2D eigenvalue weighted by Gasteiger charge is 2.36. The van der Waals surface area contributed by atoms with Crippen molar-refractivity contribution in [1.82, 2.24) is 10.1 Å². The third-order valence-corrected chi connectivity index (χ3v) is 5.56. The van der Waals surface area contributed by atoms with E-state index in [2.05, 4.69) is 0 Å². The Morgan fingerprint density at radius 1 is 0.812 bits per heavy atom. The summed E-state index contributed by atoms with van der Waals surface area (Å²) in [5.41, 5.74) is -1.61. The lowest BCUT2D eigenvalue weighted by Gasteiger charge is -2.28. The van der Waals surface area contributed by atoms with E-state index in [1.165, 1.54) is 13.8 Å². The normalized spacial score (nSPS) is 20.4. The molecule has 0 aromatic rings. The van der Waals surface area contributed by atoms with Crippen LogP contribution in [0.2, 0.25) is 0 Å². The highest BCUT2D eigenvalue weighted by molar-refractivity contribution is 6.02. The van der Waals surface area contributed by atoms with Gasteiger partial charge in [0.25, 0.3) is 23.6 Å². The zero-order valence-electron chi connectivity index (χ0n) is 18.1. The molecule has 4 amide bonds. The minimum Gasteiger partial charge on any atom is -0.393 e. The Kier molecular flexibility index (Phi) is 8.44. The number of hydrogen-bond donors (Lipinski definition) is 2. The molecule has 2 saturated heterocycles. The van der Waals surface area contributed by atoms with Crippen molar-refractivity contribution >= 4 is 35.6 Å². The quantitative estimate of drug-likeness (QED) is 0.396. The lowest BCUT2D eigenvalue weighted by molar-refractivity contribution is -0.201.